The second-order valence-corrected chi connectivity index (χ2v) is 9.05. The summed E-state index contributed by atoms with van der Waals surface area (Å²) in [6, 6.07) is 10.4. The minimum atomic E-state index is -3.22. The van der Waals surface area contributed by atoms with E-state index in [1.807, 2.05) is 19.1 Å². The van der Waals surface area contributed by atoms with E-state index in [9.17, 15) is 13.5 Å². The zero-order valence-corrected chi connectivity index (χ0v) is 16.6. The van der Waals surface area contributed by atoms with Crippen molar-refractivity contribution in [3.8, 4) is 0 Å². The van der Waals surface area contributed by atoms with Gasteiger partial charge in [-0.3, -0.25) is 4.90 Å². The Morgan fingerprint density at radius 3 is 2.41 bits per heavy atom. The number of hydrogen-bond donors (Lipinski definition) is 1. The summed E-state index contributed by atoms with van der Waals surface area (Å²) in [5.41, 5.74) is 1.63. The molecular weight excluding hydrogens is 364 g/mol. The number of β-amino-alcohol motifs (C(OH)–C–C–N with tert-alkyl or cyclic N) is 1. The maximum absolute atomic E-state index is 11.6. The topological polar surface area (TPSA) is 86.6 Å². The molecule has 7 nitrogen and oxygen atoms in total. The Kier molecular flexibility index (Phi) is 6.08. The van der Waals surface area contributed by atoms with Crippen molar-refractivity contribution in [1.82, 2.24) is 15.1 Å². The molecule has 0 saturated carbocycles. The third-order valence-corrected chi connectivity index (χ3v) is 5.95. The molecule has 1 aliphatic heterocycles. The number of benzene rings is 1. The van der Waals surface area contributed by atoms with Gasteiger partial charge in [0.05, 0.1) is 16.7 Å². The summed E-state index contributed by atoms with van der Waals surface area (Å²) < 4.78 is 23.1. The molecule has 2 heterocycles. The van der Waals surface area contributed by atoms with E-state index in [4.69, 9.17) is 0 Å². The van der Waals surface area contributed by atoms with Gasteiger partial charge in [-0.05, 0) is 43.2 Å². The molecule has 146 valence electrons. The smallest absolute Gasteiger partial charge is 0.175 e. The summed E-state index contributed by atoms with van der Waals surface area (Å²) in [5, 5.41) is 18.9. The molecule has 0 amide bonds. The Hall–Kier alpha value is -2.03. The van der Waals surface area contributed by atoms with Crippen LogP contribution in [0.4, 0.5) is 5.82 Å². The van der Waals surface area contributed by atoms with Crippen molar-refractivity contribution in [2.75, 3.05) is 43.9 Å². The molecule has 8 heteroatoms. The van der Waals surface area contributed by atoms with Crippen LogP contribution in [0.15, 0.2) is 41.3 Å². The third-order valence-electron chi connectivity index (χ3n) is 4.82. The van der Waals surface area contributed by atoms with E-state index in [1.54, 1.807) is 24.3 Å². The number of aromatic nitrogens is 2. The van der Waals surface area contributed by atoms with Gasteiger partial charge in [0.1, 0.15) is 0 Å². The Bertz CT molecular complexity index is 854. The van der Waals surface area contributed by atoms with E-state index in [0.717, 1.165) is 49.7 Å². The average molecular weight is 391 g/mol. The van der Waals surface area contributed by atoms with Crippen LogP contribution in [0.3, 0.4) is 0 Å². The number of aliphatic hydroxyl groups is 1. The van der Waals surface area contributed by atoms with Crippen molar-refractivity contribution in [3.63, 3.8) is 0 Å². The van der Waals surface area contributed by atoms with E-state index in [2.05, 4.69) is 20.0 Å². The second-order valence-electron chi connectivity index (χ2n) is 7.03. The van der Waals surface area contributed by atoms with Crippen LogP contribution >= 0.6 is 0 Å². The van der Waals surface area contributed by atoms with Crippen LogP contribution in [-0.4, -0.2) is 67.6 Å². The lowest BCUT2D eigenvalue weighted by atomic mass is 10.1. The molecule has 1 N–H and O–H groups in total. The van der Waals surface area contributed by atoms with Gasteiger partial charge in [-0.25, -0.2) is 8.42 Å². The fraction of sp³-hybridized carbons (Fsp3) is 0.474. The van der Waals surface area contributed by atoms with Gasteiger partial charge < -0.3 is 10.0 Å². The van der Waals surface area contributed by atoms with E-state index in [1.165, 1.54) is 6.26 Å². The van der Waals surface area contributed by atoms with Gasteiger partial charge >= 0.3 is 0 Å². The first kappa shape index (κ1) is 19.7. The highest BCUT2D eigenvalue weighted by Crippen LogP contribution is 2.19. The highest BCUT2D eigenvalue weighted by molar-refractivity contribution is 7.90. The summed E-state index contributed by atoms with van der Waals surface area (Å²) in [5.74, 6) is 0.888. The van der Waals surface area contributed by atoms with Gasteiger partial charge in [0, 0.05) is 39.0 Å². The molecule has 1 aromatic heterocycles. The number of nitrogens with zero attached hydrogens (tertiary/aromatic N) is 4. The van der Waals surface area contributed by atoms with E-state index in [0.29, 0.717) is 6.54 Å². The summed E-state index contributed by atoms with van der Waals surface area (Å²) in [4.78, 5) is 4.72. The Morgan fingerprint density at radius 1 is 1.04 bits per heavy atom. The quantitative estimate of drug-likeness (QED) is 0.826. The fourth-order valence-electron chi connectivity index (χ4n) is 3.23. The largest absolute Gasteiger partial charge is 0.387 e. The van der Waals surface area contributed by atoms with Gasteiger partial charge in [-0.15, -0.1) is 5.10 Å². The molecule has 1 fully saturated rings. The molecule has 1 unspecified atom stereocenters. The molecule has 1 atom stereocenters. The van der Waals surface area contributed by atoms with Gasteiger partial charge in [0.2, 0.25) is 0 Å². The number of anilines is 1. The second kappa shape index (κ2) is 8.33. The molecular formula is C19H26N4O3S. The van der Waals surface area contributed by atoms with Crippen LogP contribution < -0.4 is 4.90 Å². The maximum Gasteiger partial charge on any atom is 0.175 e. The zero-order valence-electron chi connectivity index (χ0n) is 15.7. The van der Waals surface area contributed by atoms with Crippen molar-refractivity contribution in [2.45, 2.75) is 24.3 Å². The number of rotatable bonds is 5. The first-order chi connectivity index (χ1) is 12.8. The highest BCUT2D eigenvalue weighted by atomic mass is 32.2. The van der Waals surface area contributed by atoms with Crippen LogP contribution in [0.5, 0.6) is 0 Å². The molecule has 3 rings (SSSR count). The molecule has 1 saturated heterocycles. The Labute approximate surface area is 160 Å². The predicted octanol–water partition coefficient (Wildman–Crippen LogP) is 1.43. The van der Waals surface area contributed by atoms with Crippen LogP contribution in [0.25, 0.3) is 0 Å². The van der Waals surface area contributed by atoms with Gasteiger partial charge in [0.15, 0.2) is 15.7 Å². The Balaban J connectivity index is 1.58. The van der Waals surface area contributed by atoms with E-state index in [-0.39, 0.29) is 4.90 Å². The summed E-state index contributed by atoms with van der Waals surface area (Å²) in [6.45, 7) is 5.91. The van der Waals surface area contributed by atoms with Gasteiger partial charge in [-0.1, -0.05) is 12.1 Å². The van der Waals surface area contributed by atoms with Gasteiger partial charge in [0.25, 0.3) is 0 Å². The highest BCUT2D eigenvalue weighted by Gasteiger charge is 2.19. The maximum atomic E-state index is 11.6. The molecule has 0 radical (unpaired) electrons. The van der Waals surface area contributed by atoms with Crippen molar-refractivity contribution in [3.05, 3.63) is 47.7 Å². The molecule has 1 aliphatic rings. The number of aryl methyl sites for hydroxylation is 1. The standard InChI is InChI=1S/C19H26N4O3S/c1-15-4-9-19(21-20-15)23-11-3-10-22(12-13-23)14-18(24)16-5-7-17(8-6-16)27(2,25)26/h4-9,18,24H,3,10-14H2,1-2H3. The molecule has 1 aromatic carbocycles. The SMILES string of the molecule is Cc1ccc(N2CCCN(CC(O)c3ccc(S(C)(=O)=O)cc3)CC2)nn1. The van der Waals surface area contributed by atoms with Crippen molar-refractivity contribution < 1.29 is 13.5 Å². The summed E-state index contributed by atoms with van der Waals surface area (Å²) in [7, 11) is -3.22. The summed E-state index contributed by atoms with van der Waals surface area (Å²) >= 11 is 0. The minimum Gasteiger partial charge on any atom is -0.387 e. The van der Waals surface area contributed by atoms with Crippen molar-refractivity contribution in [2.24, 2.45) is 0 Å². The Morgan fingerprint density at radius 2 is 1.78 bits per heavy atom. The lowest BCUT2D eigenvalue weighted by Crippen LogP contribution is -2.33. The van der Waals surface area contributed by atoms with Crippen LogP contribution in [-0.2, 0) is 9.84 Å². The minimum absolute atomic E-state index is 0.267. The number of hydrogen-bond acceptors (Lipinski definition) is 7. The van der Waals surface area contributed by atoms with Crippen molar-refractivity contribution >= 4 is 15.7 Å². The third kappa shape index (κ3) is 5.24. The van der Waals surface area contributed by atoms with Gasteiger partial charge in [-0.2, -0.15) is 5.10 Å². The lowest BCUT2D eigenvalue weighted by molar-refractivity contribution is 0.117. The van der Waals surface area contributed by atoms with Crippen molar-refractivity contribution in [1.29, 1.82) is 0 Å². The van der Waals surface area contributed by atoms with E-state index >= 15 is 0 Å². The first-order valence-corrected chi connectivity index (χ1v) is 11.0. The molecule has 0 aliphatic carbocycles. The van der Waals surface area contributed by atoms with Crippen LogP contribution in [0, 0.1) is 6.92 Å². The average Bonchev–Trinajstić information content (AvgIpc) is 2.87. The molecule has 27 heavy (non-hydrogen) atoms. The van der Waals surface area contributed by atoms with Crippen LogP contribution in [0.1, 0.15) is 23.8 Å². The number of sulfone groups is 1. The first-order valence-electron chi connectivity index (χ1n) is 9.08. The molecule has 0 spiro atoms. The molecule has 2 aromatic rings. The number of aliphatic hydroxyl groups excluding tert-OH is 1. The zero-order chi connectivity index (χ0) is 19.4. The normalized spacial score (nSPS) is 17.5. The van der Waals surface area contributed by atoms with E-state index < -0.39 is 15.9 Å². The van der Waals surface area contributed by atoms with Crippen LogP contribution in [0.2, 0.25) is 0 Å². The predicted molar refractivity (Wildman–Crippen MR) is 105 cm³/mol. The summed E-state index contributed by atoms with van der Waals surface area (Å²) in [6.07, 6.45) is 1.51. The monoisotopic (exact) mass is 390 g/mol. The lowest BCUT2D eigenvalue weighted by Gasteiger charge is -2.24. The fourth-order valence-corrected chi connectivity index (χ4v) is 3.86. The molecule has 0 bridgehead atoms.